The Morgan fingerprint density at radius 1 is 1.02 bits per heavy atom. The molecular weight excluding hydrogens is 568 g/mol. The van der Waals surface area contributed by atoms with Gasteiger partial charge in [0.25, 0.3) is 0 Å². The minimum atomic E-state index is -2.08. The molecule has 8 heteroatoms. The van der Waals surface area contributed by atoms with Crippen molar-refractivity contribution in [2.45, 2.75) is 108 Å². The smallest absolute Gasteiger partial charge is 0.226 e. The van der Waals surface area contributed by atoms with Gasteiger partial charge in [-0.15, -0.1) is 0 Å². The minimum Gasteiger partial charge on any atom is -0.497 e. The first-order chi connectivity index (χ1) is 21.2. The van der Waals surface area contributed by atoms with Crippen molar-refractivity contribution >= 4 is 30.8 Å². The van der Waals surface area contributed by atoms with Gasteiger partial charge < -0.3 is 24.4 Å². The quantitative estimate of drug-likeness (QED) is 0.346. The van der Waals surface area contributed by atoms with Gasteiger partial charge in [-0.3, -0.25) is 9.59 Å². The summed E-state index contributed by atoms with van der Waals surface area (Å²) in [5.74, 6) is 1.48. The van der Waals surface area contributed by atoms with Crippen LogP contribution in [0.3, 0.4) is 0 Å². The van der Waals surface area contributed by atoms with Crippen molar-refractivity contribution in [1.82, 2.24) is 4.90 Å². The van der Waals surface area contributed by atoms with Gasteiger partial charge in [0.05, 0.1) is 46.5 Å². The van der Waals surface area contributed by atoms with Crippen LogP contribution in [-0.2, 0) is 20.7 Å². The van der Waals surface area contributed by atoms with Crippen LogP contribution in [0.25, 0.3) is 0 Å². The zero-order chi connectivity index (χ0) is 31.3. The lowest BCUT2D eigenvalue weighted by atomic mass is 9.94. The van der Waals surface area contributed by atoms with E-state index < -0.39 is 8.07 Å². The Labute approximate surface area is 264 Å². The maximum Gasteiger partial charge on any atom is 0.226 e. The molecule has 3 aliphatic rings. The molecule has 1 N–H and O–H groups in total. The molecule has 3 aliphatic heterocycles. The molecule has 0 aromatic heterocycles. The van der Waals surface area contributed by atoms with Crippen molar-refractivity contribution in [3.05, 3.63) is 54.1 Å². The van der Waals surface area contributed by atoms with Crippen LogP contribution in [0, 0.1) is 5.92 Å². The van der Waals surface area contributed by atoms with E-state index in [4.69, 9.17) is 9.47 Å². The normalized spacial score (nSPS) is 26.5. The largest absolute Gasteiger partial charge is 0.497 e. The predicted octanol–water partition coefficient (Wildman–Crippen LogP) is 5.69. The van der Waals surface area contributed by atoms with Crippen molar-refractivity contribution in [2.75, 3.05) is 31.7 Å². The number of likely N-dealkylation sites (tertiary alicyclic amines) is 1. The maximum atomic E-state index is 13.6. The van der Waals surface area contributed by atoms with Gasteiger partial charge in [-0.05, 0) is 79.8 Å². The number of carbonyl (C=O) groups excluding carboxylic acids is 2. The number of anilines is 1. The molecule has 2 aromatic carbocycles. The highest BCUT2D eigenvalue weighted by molar-refractivity contribution is 6.91. The molecule has 2 amide bonds. The molecule has 3 heterocycles. The summed E-state index contributed by atoms with van der Waals surface area (Å²) in [7, 11) is -0.391. The highest BCUT2D eigenvalue weighted by Gasteiger charge is 2.51. The van der Waals surface area contributed by atoms with E-state index in [1.807, 2.05) is 21.9 Å². The van der Waals surface area contributed by atoms with Crippen molar-refractivity contribution in [3.8, 4) is 5.75 Å². The molecular formula is C36H52N2O5Si. The average molecular weight is 621 g/mol. The van der Waals surface area contributed by atoms with E-state index in [-0.39, 0.29) is 42.2 Å². The van der Waals surface area contributed by atoms with E-state index in [0.29, 0.717) is 18.8 Å². The first-order valence-corrected chi connectivity index (χ1v) is 19.9. The van der Waals surface area contributed by atoms with Gasteiger partial charge >= 0.3 is 0 Å². The third-order valence-corrected chi connectivity index (χ3v) is 15.0. The topological polar surface area (TPSA) is 79.3 Å². The Hall–Kier alpha value is -2.68. The maximum absolute atomic E-state index is 13.6. The Morgan fingerprint density at radius 2 is 1.80 bits per heavy atom. The number of benzene rings is 2. The molecule has 0 spiro atoms. The number of ether oxygens (including phenoxy) is 2. The third kappa shape index (κ3) is 7.24. The van der Waals surface area contributed by atoms with Crippen molar-refractivity contribution in [1.29, 1.82) is 0 Å². The standard InChI is InChI=1S/C36H52N2O5Si/c1-26-32(20-15-27-11-9-12-28(23-27)37-21-8-6-5-7-14-34(37)40)43-33(24-35(41)38-22-10-13-29(38)25-39)36(26)44(3,4)31-18-16-30(42-2)17-19-31/h9,11-12,16-19,23,26,29,32-33,36,39H,5-8,10,13-15,20-22,24-25H2,1-4H3/t26-,29-,32+,33-,36+/m0/s1. The number of rotatable bonds is 10. The van der Waals surface area contributed by atoms with E-state index in [0.717, 1.165) is 69.5 Å². The SMILES string of the molecule is COc1ccc([Si](C)(C)[C@@H]2[C@@H](C)[C@@H](CCc3cccc(N4CCCCCCC4=O)c3)O[C@H]2CC(=O)N2CCC[C@H]2CO)cc1. The zero-order valence-electron chi connectivity index (χ0n) is 27.2. The van der Waals surface area contributed by atoms with Crippen molar-refractivity contribution < 1.29 is 24.2 Å². The lowest BCUT2D eigenvalue weighted by molar-refractivity contribution is -0.135. The van der Waals surface area contributed by atoms with Crippen LogP contribution in [0.4, 0.5) is 5.69 Å². The number of hydrogen-bond donors (Lipinski definition) is 1. The van der Waals surface area contributed by atoms with E-state index in [9.17, 15) is 14.7 Å². The lowest BCUT2D eigenvalue weighted by Gasteiger charge is -2.36. The summed E-state index contributed by atoms with van der Waals surface area (Å²) in [6.07, 6.45) is 8.77. The van der Waals surface area contributed by atoms with Gasteiger partial charge in [-0.1, -0.05) is 62.3 Å². The summed E-state index contributed by atoms with van der Waals surface area (Å²) in [6.45, 7) is 8.68. The highest BCUT2D eigenvalue weighted by atomic mass is 28.3. The number of amides is 2. The summed E-state index contributed by atoms with van der Waals surface area (Å²) in [6, 6.07) is 16.9. The highest BCUT2D eigenvalue weighted by Crippen LogP contribution is 2.47. The second-order valence-electron chi connectivity index (χ2n) is 13.7. The molecule has 2 aromatic rings. The van der Waals surface area contributed by atoms with Gasteiger partial charge in [0.1, 0.15) is 5.75 Å². The summed E-state index contributed by atoms with van der Waals surface area (Å²) < 4.78 is 12.3. The molecule has 5 rings (SSSR count). The zero-order valence-corrected chi connectivity index (χ0v) is 28.2. The fraction of sp³-hybridized carbons (Fsp3) is 0.611. The van der Waals surface area contributed by atoms with E-state index in [1.165, 1.54) is 17.2 Å². The first-order valence-electron chi connectivity index (χ1n) is 16.8. The van der Waals surface area contributed by atoms with E-state index in [1.54, 1.807) is 7.11 Å². The molecule has 44 heavy (non-hydrogen) atoms. The summed E-state index contributed by atoms with van der Waals surface area (Å²) in [4.78, 5) is 30.4. The predicted molar refractivity (Wildman–Crippen MR) is 178 cm³/mol. The fourth-order valence-corrected chi connectivity index (χ4v) is 12.2. The molecule has 0 unspecified atom stereocenters. The summed E-state index contributed by atoms with van der Waals surface area (Å²) in [5.41, 5.74) is 2.50. The number of aliphatic hydroxyl groups excluding tert-OH is 1. The Balaban J connectivity index is 1.34. The van der Waals surface area contributed by atoms with Gasteiger partial charge in [-0.25, -0.2) is 0 Å². The molecule has 240 valence electrons. The molecule has 3 fully saturated rings. The molecule has 5 atom stereocenters. The second kappa shape index (κ2) is 14.6. The molecule has 3 saturated heterocycles. The molecule has 7 nitrogen and oxygen atoms in total. The van der Waals surface area contributed by atoms with Crippen LogP contribution in [0.2, 0.25) is 18.6 Å². The lowest BCUT2D eigenvalue weighted by Crippen LogP contribution is -2.51. The Kier molecular flexibility index (Phi) is 10.9. The van der Waals surface area contributed by atoms with Crippen LogP contribution in [0.1, 0.15) is 70.3 Å². The van der Waals surface area contributed by atoms with Gasteiger partial charge in [0.15, 0.2) is 0 Å². The minimum absolute atomic E-state index is 0.0217. The van der Waals surface area contributed by atoms with Gasteiger partial charge in [-0.2, -0.15) is 0 Å². The average Bonchev–Trinajstić information content (AvgIpc) is 3.62. The number of hydrogen-bond acceptors (Lipinski definition) is 5. The summed E-state index contributed by atoms with van der Waals surface area (Å²) in [5, 5.41) is 11.2. The van der Waals surface area contributed by atoms with Crippen LogP contribution in [-0.4, -0.2) is 75.0 Å². The third-order valence-electron chi connectivity index (χ3n) is 10.6. The van der Waals surface area contributed by atoms with E-state index in [2.05, 4.69) is 56.4 Å². The molecule has 0 aliphatic carbocycles. The monoisotopic (exact) mass is 620 g/mol. The number of nitrogens with zero attached hydrogens (tertiary/aromatic N) is 2. The molecule has 0 radical (unpaired) electrons. The van der Waals surface area contributed by atoms with Crippen LogP contribution >= 0.6 is 0 Å². The van der Waals surface area contributed by atoms with E-state index >= 15 is 0 Å². The number of aryl methyl sites for hydroxylation is 1. The van der Waals surface area contributed by atoms with Gasteiger partial charge in [0.2, 0.25) is 11.8 Å². The number of methoxy groups -OCH3 is 1. The Bertz CT molecular complexity index is 1270. The molecule has 0 bridgehead atoms. The van der Waals surface area contributed by atoms with Crippen LogP contribution in [0.5, 0.6) is 5.75 Å². The van der Waals surface area contributed by atoms with Crippen LogP contribution < -0.4 is 14.8 Å². The number of carbonyl (C=O) groups is 2. The number of aliphatic hydroxyl groups is 1. The van der Waals surface area contributed by atoms with Crippen molar-refractivity contribution in [2.24, 2.45) is 5.92 Å². The summed E-state index contributed by atoms with van der Waals surface area (Å²) >= 11 is 0. The van der Waals surface area contributed by atoms with Crippen molar-refractivity contribution in [3.63, 3.8) is 0 Å². The molecule has 0 saturated carbocycles. The van der Waals surface area contributed by atoms with Gasteiger partial charge in [0, 0.05) is 25.2 Å². The second-order valence-corrected chi connectivity index (χ2v) is 18.4. The van der Waals surface area contributed by atoms with Crippen LogP contribution in [0.15, 0.2) is 48.5 Å². The fourth-order valence-electron chi connectivity index (χ4n) is 8.11. The Morgan fingerprint density at radius 3 is 2.55 bits per heavy atom. The first kappa shape index (κ1) is 32.7.